The van der Waals surface area contributed by atoms with Gasteiger partial charge < -0.3 is 19.4 Å². The summed E-state index contributed by atoms with van der Waals surface area (Å²) in [6.45, 7) is 3.40. The van der Waals surface area contributed by atoms with E-state index in [1.807, 2.05) is 24.3 Å². The number of hydrogen-bond donors (Lipinski definition) is 1. The Morgan fingerprint density at radius 3 is 2.60 bits per heavy atom. The van der Waals surface area contributed by atoms with E-state index in [0.29, 0.717) is 30.9 Å². The van der Waals surface area contributed by atoms with Gasteiger partial charge in [-0.05, 0) is 42.0 Å². The van der Waals surface area contributed by atoms with Gasteiger partial charge in [0.15, 0.2) is 0 Å². The molecule has 1 N–H and O–H groups in total. The predicted molar refractivity (Wildman–Crippen MR) is 135 cm³/mol. The lowest BCUT2D eigenvalue weighted by Crippen LogP contribution is -2.49. The van der Waals surface area contributed by atoms with Crippen LogP contribution >= 0.6 is 0 Å². The standard InChI is InChI=1S/C28H26N4O3/c1-34-27-9-5-3-7-24(27)20-10-11-26-22(16-20)17-23(35-26)19-31-12-14-32(15-13-31)28(33)30-25-8-4-2-6-21(25)18-29/h2-11,16-17H,12-15,19H2,1H3,(H,30,33). The highest BCUT2D eigenvalue weighted by Gasteiger charge is 2.22. The highest BCUT2D eigenvalue weighted by molar-refractivity contribution is 5.91. The number of nitrogens with one attached hydrogen (secondary N) is 1. The first kappa shape index (κ1) is 22.5. The fourth-order valence-electron chi connectivity index (χ4n) is 4.44. The van der Waals surface area contributed by atoms with Crippen LogP contribution in [0.3, 0.4) is 0 Å². The summed E-state index contributed by atoms with van der Waals surface area (Å²) in [5, 5.41) is 13.1. The number of nitrogens with zero attached hydrogens (tertiary/aromatic N) is 3. The zero-order chi connectivity index (χ0) is 24.2. The highest BCUT2D eigenvalue weighted by atomic mass is 16.5. The van der Waals surface area contributed by atoms with E-state index in [1.54, 1.807) is 36.3 Å². The molecule has 0 aliphatic carbocycles. The molecule has 0 saturated carbocycles. The molecule has 5 rings (SSSR count). The van der Waals surface area contributed by atoms with Crippen LogP contribution in [-0.2, 0) is 6.54 Å². The molecule has 7 heteroatoms. The van der Waals surface area contributed by atoms with E-state index in [0.717, 1.165) is 46.7 Å². The summed E-state index contributed by atoms with van der Waals surface area (Å²) in [5.41, 5.74) is 3.98. The number of carbonyl (C=O) groups is 1. The van der Waals surface area contributed by atoms with Gasteiger partial charge in [0, 0.05) is 37.1 Å². The second kappa shape index (κ2) is 9.92. The summed E-state index contributed by atoms with van der Waals surface area (Å²) in [7, 11) is 1.68. The van der Waals surface area contributed by atoms with E-state index in [9.17, 15) is 10.1 Å². The number of fused-ring (bicyclic) bond motifs is 1. The van der Waals surface area contributed by atoms with Crippen molar-refractivity contribution >= 4 is 22.7 Å². The summed E-state index contributed by atoms with van der Waals surface area (Å²) in [6.07, 6.45) is 0. The number of carbonyl (C=O) groups excluding carboxylic acids is 1. The molecular weight excluding hydrogens is 440 g/mol. The number of ether oxygens (including phenoxy) is 1. The van der Waals surface area contributed by atoms with Crippen LogP contribution in [0, 0.1) is 11.3 Å². The third-order valence-electron chi connectivity index (χ3n) is 6.31. The number of amides is 2. The molecule has 7 nitrogen and oxygen atoms in total. The lowest BCUT2D eigenvalue weighted by atomic mass is 10.0. The Morgan fingerprint density at radius 2 is 1.80 bits per heavy atom. The SMILES string of the molecule is COc1ccccc1-c1ccc2oc(CN3CCN(C(=O)Nc4ccccc4C#N)CC3)cc2c1. The molecule has 0 bridgehead atoms. The topological polar surface area (TPSA) is 81.7 Å². The highest BCUT2D eigenvalue weighted by Crippen LogP contribution is 2.32. The quantitative estimate of drug-likeness (QED) is 0.430. The second-order valence-corrected chi connectivity index (χ2v) is 8.52. The first-order chi connectivity index (χ1) is 17.1. The van der Waals surface area contributed by atoms with Crippen molar-refractivity contribution in [1.82, 2.24) is 9.80 Å². The molecule has 0 radical (unpaired) electrons. The van der Waals surface area contributed by atoms with Crippen molar-refractivity contribution in [3.63, 3.8) is 0 Å². The summed E-state index contributed by atoms with van der Waals surface area (Å²) in [4.78, 5) is 16.7. The molecule has 1 aliphatic heterocycles. The first-order valence-corrected chi connectivity index (χ1v) is 11.6. The molecule has 2 heterocycles. The van der Waals surface area contributed by atoms with Gasteiger partial charge in [0.05, 0.1) is 24.9 Å². The molecule has 2 amide bonds. The normalized spacial score (nSPS) is 14.0. The van der Waals surface area contributed by atoms with Crippen LogP contribution in [0.1, 0.15) is 11.3 Å². The molecule has 0 unspecified atom stereocenters. The molecular formula is C28H26N4O3. The number of urea groups is 1. The number of nitriles is 1. The van der Waals surface area contributed by atoms with Crippen molar-refractivity contribution < 1.29 is 13.9 Å². The summed E-state index contributed by atoms with van der Waals surface area (Å²) < 4.78 is 11.6. The van der Waals surface area contributed by atoms with Crippen LogP contribution in [0.2, 0.25) is 0 Å². The van der Waals surface area contributed by atoms with Crippen LogP contribution in [0.15, 0.2) is 77.2 Å². The largest absolute Gasteiger partial charge is 0.496 e. The minimum atomic E-state index is -0.181. The van der Waals surface area contributed by atoms with E-state index in [4.69, 9.17) is 9.15 Å². The zero-order valence-electron chi connectivity index (χ0n) is 19.5. The van der Waals surface area contributed by atoms with Crippen molar-refractivity contribution in [3.05, 3.63) is 84.1 Å². The number of benzene rings is 3. The van der Waals surface area contributed by atoms with E-state index >= 15 is 0 Å². The van der Waals surface area contributed by atoms with E-state index in [-0.39, 0.29) is 6.03 Å². The number of piperazine rings is 1. The van der Waals surface area contributed by atoms with E-state index < -0.39 is 0 Å². The van der Waals surface area contributed by atoms with E-state index in [2.05, 4.69) is 40.6 Å². The van der Waals surface area contributed by atoms with Crippen LogP contribution in [0.25, 0.3) is 22.1 Å². The van der Waals surface area contributed by atoms with Gasteiger partial charge in [-0.1, -0.05) is 36.4 Å². The Morgan fingerprint density at radius 1 is 1.03 bits per heavy atom. The summed E-state index contributed by atoms with van der Waals surface area (Å²) in [6, 6.07) is 25.2. The number of para-hydroxylation sites is 2. The molecule has 0 atom stereocenters. The number of rotatable bonds is 5. The number of anilines is 1. The van der Waals surface area contributed by atoms with Gasteiger partial charge in [-0.2, -0.15) is 5.26 Å². The van der Waals surface area contributed by atoms with Gasteiger partial charge >= 0.3 is 6.03 Å². The maximum Gasteiger partial charge on any atom is 0.321 e. The lowest BCUT2D eigenvalue weighted by molar-refractivity contribution is 0.137. The Bertz CT molecular complexity index is 1400. The first-order valence-electron chi connectivity index (χ1n) is 11.6. The Labute approximate surface area is 204 Å². The smallest absolute Gasteiger partial charge is 0.321 e. The van der Waals surface area contributed by atoms with Crippen LogP contribution < -0.4 is 10.1 Å². The fourth-order valence-corrected chi connectivity index (χ4v) is 4.44. The molecule has 1 aliphatic rings. The Hall–Kier alpha value is -4.28. The van der Waals surface area contributed by atoms with Crippen LogP contribution in [0.4, 0.5) is 10.5 Å². The Kier molecular flexibility index (Phi) is 6.38. The van der Waals surface area contributed by atoms with Gasteiger partial charge in [0.25, 0.3) is 0 Å². The van der Waals surface area contributed by atoms with Crippen LogP contribution in [-0.4, -0.2) is 49.1 Å². The number of methoxy groups -OCH3 is 1. The molecule has 0 spiro atoms. The van der Waals surface area contributed by atoms with Crippen molar-refractivity contribution in [1.29, 1.82) is 5.26 Å². The molecule has 35 heavy (non-hydrogen) atoms. The predicted octanol–water partition coefficient (Wildman–Crippen LogP) is 5.33. The molecule has 4 aromatic rings. The molecule has 3 aromatic carbocycles. The fraction of sp³-hybridized carbons (Fsp3) is 0.214. The summed E-state index contributed by atoms with van der Waals surface area (Å²) in [5.74, 6) is 1.74. The van der Waals surface area contributed by atoms with Gasteiger partial charge in [-0.15, -0.1) is 0 Å². The van der Waals surface area contributed by atoms with Gasteiger partial charge in [0.2, 0.25) is 0 Å². The molecule has 1 fully saturated rings. The summed E-state index contributed by atoms with van der Waals surface area (Å²) >= 11 is 0. The molecule has 176 valence electrons. The van der Waals surface area contributed by atoms with Crippen molar-refractivity contribution in [2.24, 2.45) is 0 Å². The van der Waals surface area contributed by atoms with Gasteiger partial charge in [0.1, 0.15) is 23.2 Å². The van der Waals surface area contributed by atoms with E-state index in [1.165, 1.54) is 0 Å². The van der Waals surface area contributed by atoms with Gasteiger partial charge in [-0.25, -0.2) is 4.79 Å². The monoisotopic (exact) mass is 466 g/mol. The molecule has 1 aromatic heterocycles. The minimum Gasteiger partial charge on any atom is -0.496 e. The average Bonchev–Trinajstić information content (AvgIpc) is 3.30. The Balaban J connectivity index is 1.21. The number of hydrogen-bond acceptors (Lipinski definition) is 5. The van der Waals surface area contributed by atoms with Crippen molar-refractivity contribution in [2.45, 2.75) is 6.54 Å². The third kappa shape index (κ3) is 4.84. The van der Waals surface area contributed by atoms with Crippen LogP contribution in [0.5, 0.6) is 5.75 Å². The maximum absolute atomic E-state index is 12.7. The number of furan rings is 1. The second-order valence-electron chi connectivity index (χ2n) is 8.52. The third-order valence-corrected chi connectivity index (χ3v) is 6.31. The van der Waals surface area contributed by atoms with Gasteiger partial charge in [-0.3, -0.25) is 4.90 Å². The maximum atomic E-state index is 12.7. The van der Waals surface area contributed by atoms with Crippen molar-refractivity contribution in [2.75, 3.05) is 38.6 Å². The average molecular weight is 467 g/mol. The zero-order valence-corrected chi connectivity index (χ0v) is 19.5. The van der Waals surface area contributed by atoms with Crippen molar-refractivity contribution in [3.8, 4) is 22.9 Å². The lowest BCUT2D eigenvalue weighted by Gasteiger charge is -2.34. The minimum absolute atomic E-state index is 0.181. The molecule has 1 saturated heterocycles.